The van der Waals surface area contributed by atoms with Gasteiger partial charge >= 0.3 is 0 Å². The minimum atomic E-state index is 0.945. The Hall–Kier alpha value is -3.86. The fraction of sp³-hybridized carbons (Fsp3) is 0.120. The number of benzene rings is 3. The molecule has 0 aliphatic rings. The van der Waals surface area contributed by atoms with Crippen LogP contribution in [0.15, 0.2) is 79.3 Å². The maximum absolute atomic E-state index is 4.65. The summed E-state index contributed by atoms with van der Waals surface area (Å²) < 4.78 is 6.42. The van der Waals surface area contributed by atoms with Gasteiger partial charge in [0.2, 0.25) is 0 Å². The maximum atomic E-state index is 4.65. The second kappa shape index (κ2) is 6.32. The number of imidazole rings is 1. The number of rotatable bonds is 3. The van der Waals surface area contributed by atoms with Gasteiger partial charge in [0.05, 0.1) is 34.9 Å². The van der Waals surface area contributed by atoms with Crippen LogP contribution in [0.2, 0.25) is 0 Å². The first kappa shape index (κ1) is 17.0. The van der Waals surface area contributed by atoms with E-state index < -0.39 is 0 Å². The van der Waals surface area contributed by atoms with Gasteiger partial charge in [-0.25, -0.2) is 9.67 Å². The Morgan fingerprint density at radius 3 is 2.57 bits per heavy atom. The van der Waals surface area contributed by atoms with Crippen molar-refractivity contribution in [3.63, 3.8) is 0 Å². The Labute approximate surface area is 173 Å². The average Bonchev–Trinajstić information content (AvgIpc) is 3.49. The van der Waals surface area contributed by atoms with Crippen LogP contribution in [0.4, 0.5) is 0 Å². The summed E-state index contributed by atoms with van der Waals surface area (Å²) in [6.07, 6.45) is 3.71. The molecule has 0 amide bonds. The molecule has 3 aromatic carbocycles. The standard InChI is InChI=1S/C25H21N5/c1-3-29-23-7-5-4-6-19(23)20-15-18(9-11-24(20)29)30-22(12-13-27-30)17-8-10-25-21(14-17)26-16-28(25)2/h4-16H,3H2,1-2H3. The smallest absolute Gasteiger partial charge is 0.0955 e. The molecule has 146 valence electrons. The van der Waals surface area contributed by atoms with E-state index in [1.165, 1.54) is 21.8 Å². The molecule has 0 saturated carbocycles. The lowest BCUT2D eigenvalue weighted by Crippen LogP contribution is -1.99. The molecular weight excluding hydrogens is 370 g/mol. The van der Waals surface area contributed by atoms with E-state index in [1.807, 2.05) is 28.8 Å². The van der Waals surface area contributed by atoms with Crippen LogP contribution in [0.3, 0.4) is 0 Å². The minimum absolute atomic E-state index is 0.945. The highest BCUT2D eigenvalue weighted by atomic mass is 15.3. The summed E-state index contributed by atoms with van der Waals surface area (Å²) in [6.45, 7) is 3.14. The molecule has 0 spiro atoms. The van der Waals surface area contributed by atoms with Crippen molar-refractivity contribution < 1.29 is 0 Å². The Morgan fingerprint density at radius 2 is 1.67 bits per heavy atom. The lowest BCUT2D eigenvalue weighted by molar-refractivity contribution is 0.826. The molecule has 0 unspecified atom stereocenters. The molecule has 6 aromatic rings. The van der Waals surface area contributed by atoms with Crippen molar-refractivity contribution in [3.8, 4) is 16.9 Å². The van der Waals surface area contributed by atoms with Crippen LogP contribution in [-0.2, 0) is 13.6 Å². The van der Waals surface area contributed by atoms with Crippen molar-refractivity contribution in [3.05, 3.63) is 79.3 Å². The van der Waals surface area contributed by atoms with Crippen LogP contribution in [0.5, 0.6) is 0 Å². The molecule has 0 bridgehead atoms. The molecule has 30 heavy (non-hydrogen) atoms. The zero-order valence-corrected chi connectivity index (χ0v) is 16.9. The third kappa shape index (κ3) is 2.35. The summed E-state index contributed by atoms with van der Waals surface area (Å²) >= 11 is 0. The summed E-state index contributed by atoms with van der Waals surface area (Å²) in [5.74, 6) is 0. The molecule has 0 atom stereocenters. The van der Waals surface area contributed by atoms with Crippen molar-refractivity contribution in [2.45, 2.75) is 13.5 Å². The molecule has 0 fully saturated rings. The highest BCUT2D eigenvalue weighted by molar-refractivity contribution is 6.08. The monoisotopic (exact) mass is 391 g/mol. The van der Waals surface area contributed by atoms with Gasteiger partial charge in [-0.15, -0.1) is 0 Å². The molecule has 5 nitrogen and oxygen atoms in total. The number of aryl methyl sites for hydroxylation is 2. The van der Waals surface area contributed by atoms with Crippen molar-refractivity contribution >= 4 is 32.8 Å². The van der Waals surface area contributed by atoms with E-state index in [4.69, 9.17) is 0 Å². The zero-order valence-electron chi connectivity index (χ0n) is 16.9. The van der Waals surface area contributed by atoms with E-state index in [2.05, 4.69) is 88.3 Å². The first-order valence-corrected chi connectivity index (χ1v) is 10.2. The van der Waals surface area contributed by atoms with Crippen molar-refractivity contribution in [2.75, 3.05) is 0 Å². The number of aromatic nitrogens is 5. The minimum Gasteiger partial charge on any atom is -0.341 e. The molecule has 5 heteroatoms. The number of nitrogens with zero attached hydrogens (tertiary/aromatic N) is 5. The third-order valence-electron chi connectivity index (χ3n) is 5.98. The molecule has 0 aliphatic carbocycles. The van der Waals surface area contributed by atoms with Crippen LogP contribution in [-0.4, -0.2) is 23.9 Å². The lowest BCUT2D eigenvalue weighted by atomic mass is 10.1. The second-order valence-corrected chi connectivity index (χ2v) is 7.65. The van der Waals surface area contributed by atoms with Crippen LogP contribution >= 0.6 is 0 Å². The molecule has 3 heterocycles. The van der Waals surface area contributed by atoms with E-state index in [0.717, 1.165) is 34.5 Å². The number of hydrogen-bond donors (Lipinski definition) is 0. The third-order valence-corrected chi connectivity index (χ3v) is 5.98. The SMILES string of the molecule is CCn1c2ccccc2c2cc(-n3nccc3-c3ccc4c(c3)ncn4C)ccc21. The van der Waals surface area contributed by atoms with Crippen molar-refractivity contribution in [1.29, 1.82) is 0 Å². The summed E-state index contributed by atoms with van der Waals surface area (Å²) in [5.41, 5.74) is 7.86. The molecule has 0 radical (unpaired) electrons. The summed E-state index contributed by atoms with van der Waals surface area (Å²) in [4.78, 5) is 4.51. The highest BCUT2D eigenvalue weighted by Gasteiger charge is 2.13. The topological polar surface area (TPSA) is 40.6 Å². The predicted molar refractivity (Wildman–Crippen MR) is 122 cm³/mol. The van der Waals surface area contributed by atoms with Crippen molar-refractivity contribution in [2.24, 2.45) is 7.05 Å². The maximum Gasteiger partial charge on any atom is 0.0955 e. The van der Waals surface area contributed by atoms with Crippen LogP contribution in [0.1, 0.15) is 6.92 Å². The quantitative estimate of drug-likeness (QED) is 0.397. The summed E-state index contributed by atoms with van der Waals surface area (Å²) in [5, 5.41) is 7.18. The first-order valence-electron chi connectivity index (χ1n) is 10.2. The average molecular weight is 391 g/mol. The van der Waals surface area contributed by atoms with Gasteiger partial charge in [-0.05, 0) is 49.4 Å². The predicted octanol–water partition coefficient (Wildman–Crippen LogP) is 5.55. The molecule has 0 aliphatic heterocycles. The second-order valence-electron chi connectivity index (χ2n) is 7.65. The van der Waals surface area contributed by atoms with Gasteiger partial charge in [0.25, 0.3) is 0 Å². The molecule has 0 saturated heterocycles. The number of hydrogen-bond acceptors (Lipinski definition) is 2. The highest BCUT2D eigenvalue weighted by Crippen LogP contribution is 2.32. The van der Waals surface area contributed by atoms with Crippen LogP contribution in [0.25, 0.3) is 49.8 Å². The fourth-order valence-corrected chi connectivity index (χ4v) is 4.54. The summed E-state index contributed by atoms with van der Waals surface area (Å²) in [6, 6.07) is 23.7. The Morgan fingerprint density at radius 1 is 0.833 bits per heavy atom. The van der Waals surface area contributed by atoms with E-state index in [0.29, 0.717) is 0 Å². The van der Waals surface area contributed by atoms with Crippen molar-refractivity contribution in [1.82, 2.24) is 23.9 Å². The lowest BCUT2D eigenvalue weighted by Gasteiger charge is -2.09. The Kier molecular flexibility index (Phi) is 3.59. The first-order chi connectivity index (χ1) is 14.7. The Balaban J connectivity index is 1.55. The molecule has 0 N–H and O–H groups in total. The fourth-order valence-electron chi connectivity index (χ4n) is 4.54. The van der Waals surface area contributed by atoms with Gasteiger partial charge in [0.15, 0.2) is 0 Å². The number of para-hydroxylation sites is 1. The van der Waals surface area contributed by atoms with Crippen LogP contribution < -0.4 is 0 Å². The molecular formula is C25H21N5. The summed E-state index contributed by atoms with van der Waals surface area (Å²) in [7, 11) is 2.02. The largest absolute Gasteiger partial charge is 0.341 e. The Bertz CT molecular complexity index is 1550. The zero-order chi connectivity index (χ0) is 20.2. The van der Waals surface area contributed by atoms with Crippen LogP contribution in [0, 0.1) is 0 Å². The van der Waals surface area contributed by atoms with E-state index >= 15 is 0 Å². The van der Waals surface area contributed by atoms with E-state index in [9.17, 15) is 0 Å². The molecule has 6 rings (SSSR count). The van der Waals surface area contributed by atoms with Gasteiger partial charge in [-0.3, -0.25) is 0 Å². The van der Waals surface area contributed by atoms with Gasteiger partial charge in [0, 0.05) is 41.0 Å². The van der Waals surface area contributed by atoms with Gasteiger partial charge in [-0.1, -0.05) is 24.3 Å². The molecule has 3 aromatic heterocycles. The van der Waals surface area contributed by atoms with E-state index in [1.54, 1.807) is 0 Å². The van der Waals surface area contributed by atoms with Gasteiger partial charge < -0.3 is 9.13 Å². The number of fused-ring (bicyclic) bond motifs is 4. The van der Waals surface area contributed by atoms with E-state index in [-0.39, 0.29) is 0 Å². The van der Waals surface area contributed by atoms with Gasteiger partial charge in [-0.2, -0.15) is 5.10 Å². The van der Waals surface area contributed by atoms with Gasteiger partial charge in [0.1, 0.15) is 0 Å². The normalized spacial score (nSPS) is 11.8.